The topological polar surface area (TPSA) is 89.3 Å². The maximum Gasteiger partial charge on any atom is 0.274 e. The van der Waals surface area contributed by atoms with Gasteiger partial charge in [0.05, 0.1) is 22.1 Å². The summed E-state index contributed by atoms with van der Waals surface area (Å²) < 4.78 is 23.9. The number of anilines is 1. The average Bonchev–Trinajstić information content (AvgIpc) is 2.31. The number of nitro groups is 1. The molecule has 1 fully saturated rings. The Hall–Kier alpha value is -1.15. The fraction of sp³-hybridized carbons (Fsp3) is 0.500. The summed E-state index contributed by atoms with van der Waals surface area (Å²) in [7, 11) is -3.01. The predicted molar refractivity (Wildman–Crippen MR) is 80.8 cm³/mol. The van der Waals surface area contributed by atoms with Crippen molar-refractivity contribution in [3.63, 3.8) is 0 Å². The van der Waals surface area contributed by atoms with E-state index in [-0.39, 0.29) is 23.2 Å². The number of hydrogen-bond acceptors (Lipinski definition) is 5. The summed E-state index contributed by atoms with van der Waals surface area (Å²) >= 11 is 3.35. The average molecular weight is 363 g/mol. The van der Waals surface area contributed by atoms with Gasteiger partial charge in [-0.15, -0.1) is 0 Å². The molecule has 0 radical (unpaired) electrons. The van der Waals surface area contributed by atoms with Crippen LogP contribution in [0.3, 0.4) is 0 Å². The molecule has 1 aliphatic rings. The Morgan fingerprint density at radius 3 is 2.75 bits per heavy atom. The number of rotatable bonds is 3. The predicted octanol–water partition coefficient (Wildman–Crippen LogP) is 2.65. The van der Waals surface area contributed by atoms with Crippen molar-refractivity contribution >= 4 is 37.1 Å². The van der Waals surface area contributed by atoms with E-state index in [0.717, 1.165) is 6.42 Å². The Morgan fingerprint density at radius 1 is 1.45 bits per heavy atom. The zero-order valence-corrected chi connectivity index (χ0v) is 13.3. The number of aryl methyl sites for hydroxylation is 1. The first-order valence-corrected chi connectivity index (χ1v) is 8.81. The summed E-state index contributed by atoms with van der Waals surface area (Å²) in [5.74, 6) is 0.293. The van der Waals surface area contributed by atoms with E-state index in [1.54, 1.807) is 13.0 Å². The van der Waals surface area contributed by atoms with E-state index in [1.165, 1.54) is 6.07 Å². The molecular weight excluding hydrogens is 348 g/mol. The number of benzene rings is 1. The number of hydrogen-bond donors (Lipinski definition) is 1. The lowest BCUT2D eigenvalue weighted by molar-refractivity contribution is -0.385. The van der Waals surface area contributed by atoms with Gasteiger partial charge in [-0.05, 0) is 41.8 Å². The molecule has 2 rings (SSSR count). The number of sulfone groups is 1. The van der Waals surface area contributed by atoms with Crippen LogP contribution in [0.5, 0.6) is 0 Å². The molecule has 0 saturated carbocycles. The smallest absolute Gasteiger partial charge is 0.274 e. The highest BCUT2D eigenvalue weighted by Crippen LogP contribution is 2.32. The minimum Gasteiger partial charge on any atom is -0.380 e. The zero-order valence-electron chi connectivity index (χ0n) is 10.9. The van der Waals surface area contributed by atoms with Gasteiger partial charge in [-0.1, -0.05) is 0 Å². The van der Waals surface area contributed by atoms with Gasteiger partial charge in [0.15, 0.2) is 9.84 Å². The second-order valence-corrected chi connectivity index (χ2v) is 8.06. The van der Waals surface area contributed by atoms with Crippen LogP contribution in [0.1, 0.15) is 18.4 Å². The van der Waals surface area contributed by atoms with Gasteiger partial charge in [0.1, 0.15) is 0 Å². The van der Waals surface area contributed by atoms with Crippen molar-refractivity contribution in [2.24, 2.45) is 0 Å². The lowest BCUT2D eigenvalue weighted by Crippen LogP contribution is -2.34. The second-order valence-electron chi connectivity index (χ2n) is 4.97. The van der Waals surface area contributed by atoms with Gasteiger partial charge in [0.2, 0.25) is 0 Å². The number of nitrogens with zero attached hydrogens (tertiary/aromatic N) is 1. The van der Waals surface area contributed by atoms with E-state index in [4.69, 9.17) is 0 Å². The van der Waals surface area contributed by atoms with Crippen LogP contribution in [-0.2, 0) is 9.84 Å². The molecule has 0 amide bonds. The standard InChI is InChI=1S/C12H15BrN2O4S/c1-8-5-10(13)11(6-12(8)15(16)17)14-9-3-2-4-20(18,19)7-9/h5-6,9,14H,2-4,7H2,1H3. The van der Waals surface area contributed by atoms with Gasteiger partial charge in [-0.3, -0.25) is 10.1 Å². The molecule has 1 aromatic rings. The first-order chi connectivity index (χ1) is 9.28. The summed E-state index contributed by atoms with van der Waals surface area (Å²) in [6.07, 6.45) is 1.36. The van der Waals surface area contributed by atoms with Gasteiger partial charge < -0.3 is 5.32 Å². The monoisotopic (exact) mass is 362 g/mol. The van der Waals surface area contributed by atoms with Gasteiger partial charge in [-0.25, -0.2) is 8.42 Å². The fourth-order valence-corrected chi connectivity index (χ4v) is 4.53. The van der Waals surface area contributed by atoms with Gasteiger partial charge >= 0.3 is 0 Å². The molecule has 0 aromatic heterocycles. The highest BCUT2D eigenvalue weighted by atomic mass is 79.9. The molecule has 20 heavy (non-hydrogen) atoms. The Kier molecular flexibility index (Phi) is 4.33. The molecule has 8 heteroatoms. The van der Waals surface area contributed by atoms with Crippen LogP contribution in [-0.4, -0.2) is 30.9 Å². The highest BCUT2D eigenvalue weighted by Gasteiger charge is 2.25. The molecule has 0 aliphatic carbocycles. The molecule has 1 saturated heterocycles. The van der Waals surface area contributed by atoms with Crippen molar-refractivity contribution < 1.29 is 13.3 Å². The minimum atomic E-state index is -3.01. The summed E-state index contributed by atoms with van der Waals surface area (Å²) in [5.41, 5.74) is 1.14. The first kappa shape index (κ1) is 15.2. The largest absolute Gasteiger partial charge is 0.380 e. The third kappa shape index (κ3) is 3.49. The summed E-state index contributed by atoms with van der Waals surface area (Å²) in [4.78, 5) is 10.5. The molecule has 1 aliphatic heterocycles. The van der Waals surface area contributed by atoms with Crippen LogP contribution in [0.15, 0.2) is 16.6 Å². The highest BCUT2D eigenvalue weighted by molar-refractivity contribution is 9.10. The van der Waals surface area contributed by atoms with Crippen LogP contribution in [0.25, 0.3) is 0 Å². The van der Waals surface area contributed by atoms with E-state index in [9.17, 15) is 18.5 Å². The van der Waals surface area contributed by atoms with Crippen LogP contribution in [0, 0.1) is 17.0 Å². The molecule has 6 nitrogen and oxygen atoms in total. The van der Waals surface area contributed by atoms with Crippen molar-refractivity contribution in [2.75, 3.05) is 16.8 Å². The quantitative estimate of drug-likeness (QED) is 0.659. The van der Waals surface area contributed by atoms with Crippen molar-refractivity contribution in [3.8, 4) is 0 Å². The molecular formula is C12H15BrN2O4S. The molecule has 1 N–H and O–H groups in total. The van der Waals surface area contributed by atoms with E-state index < -0.39 is 14.8 Å². The summed E-state index contributed by atoms with van der Waals surface area (Å²) in [6, 6.07) is 2.91. The van der Waals surface area contributed by atoms with Crippen molar-refractivity contribution in [2.45, 2.75) is 25.8 Å². The van der Waals surface area contributed by atoms with Crippen LogP contribution in [0.2, 0.25) is 0 Å². The number of halogens is 1. The normalized spacial score (nSPS) is 21.4. The summed E-state index contributed by atoms with van der Waals surface area (Å²) in [5, 5.41) is 14.0. The van der Waals surface area contributed by atoms with Crippen molar-refractivity contribution in [3.05, 3.63) is 32.3 Å². The van der Waals surface area contributed by atoms with Gasteiger partial charge in [0.25, 0.3) is 5.69 Å². The molecule has 1 heterocycles. The summed E-state index contributed by atoms with van der Waals surface area (Å²) in [6.45, 7) is 1.66. The zero-order chi connectivity index (χ0) is 14.9. The van der Waals surface area contributed by atoms with Crippen LogP contribution in [0.4, 0.5) is 11.4 Å². The lowest BCUT2D eigenvalue weighted by Gasteiger charge is -2.24. The number of nitro benzene ring substituents is 1. The van der Waals surface area contributed by atoms with Crippen molar-refractivity contribution in [1.82, 2.24) is 0 Å². The van der Waals surface area contributed by atoms with E-state index >= 15 is 0 Å². The minimum absolute atomic E-state index is 0.0226. The number of nitrogens with one attached hydrogen (secondary N) is 1. The van der Waals surface area contributed by atoms with Gasteiger partial charge in [0, 0.05) is 22.1 Å². The Bertz CT molecular complexity index is 645. The molecule has 0 spiro atoms. The Labute approximate surface area is 125 Å². The van der Waals surface area contributed by atoms with Gasteiger partial charge in [-0.2, -0.15) is 0 Å². The first-order valence-electron chi connectivity index (χ1n) is 6.20. The SMILES string of the molecule is Cc1cc(Br)c(NC2CCCS(=O)(=O)C2)cc1[N+](=O)[O-]. The fourth-order valence-electron chi connectivity index (χ4n) is 2.33. The molecule has 110 valence electrons. The molecule has 1 unspecified atom stereocenters. The van der Waals surface area contributed by atoms with E-state index in [1.807, 2.05) is 0 Å². The van der Waals surface area contributed by atoms with E-state index in [2.05, 4.69) is 21.2 Å². The molecule has 1 atom stereocenters. The maximum absolute atomic E-state index is 11.6. The second kappa shape index (κ2) is 5.69. The molecule has 0 bridgehead atoms. The van der Waals surface area contributed by atoms with Crippen molar-refractivity contribution in [1.29, 1.82) is 0 Å². The van der Waals surface area contributed by atoms with Crippen LogP contribution < -0.4 is 5.32 Å². The van der Waals surface area contributed by atoms with E-state index in [0.29, 0.717) is 22.1 Å². The third-order valence-electron chi connectivity index (χ3n) is 3.30. The Morgan fingerprint density at radius 2 is 2.15 bits per heavy atom. The third-order valence-corrected chi connectivity index (χ3v) is 5.78. The lowest BCUT2D eigenvalue weighted by atomic mass is 10.1. The molecule has 1 aromatic carbocycles. The Balaban J connectivity index is 2.25. The maximum atomic E-state index is 11.6. The van der Waals surface area contributed by atoms with Crippen LogP contribution >= 0.6 is 15.9 Å².